The largest absolute Gasteiger partial charge is 0.444 e. The smallest absolute Gasteiger partial charge is 0.407 e. The maximum absolute atomic E-state index is 13.3. The topological polar surface area (TPSA) is 96.7 Å². The zero-order valence-corrected chi connectivity index (χ0v) is 22.8. The van der Waals surface area contributed by atoms with Crippen molar-refractivity contribution < 1.29 is 13.9 Å². The number of rotatable bonds is 7. The molecule has 1 unspecified atom stereocenters. The van der Waals surface area contributed by atoms with Crippen molar-refractivity contribution in [3.63, 3.8) is 0 Å². The number of imidazole rings is 1. The van der Waals surface area contributed by atoms with Crippen molar-refractivity contribution in [1.82, 2.24) is 24.9 Å². The number of fused-ring (bicyclic) bond motifs is 1. The third-order valence-electron chi connectivity index (χ3n) is 6.20. The summed E-state index contributed by atoms with van der Waals surface area (Å²) in [4.78, 5) is 23.8. The lowest BCUT2D eigenvalue weighted by atomic mass is 10.2. The number of anilines is 2. The number of carbonyl (C=O) groups excluding carboxylic acids is 1. The van der Waals surface area contributed by atoms with E-state index >= 15 is 0 Å². The normalized spacial score (nSPS) is 15.7. The summed E-state index contributed by atoms with van der Waals surface area (Å²) in [5, 5.41) is 14.2. The number of aromatic nitrogens is 4. The van der Waals surface area contributed by atoms with E-state index in [2.05, 4.69) is 22.5 Å². The van der Waals surface area contributed by atoms with Crippen molar-refractivity contribution in [3.8, 4) is 11.3 Å². The molecule has 200 valence electrons. The summed E-state index contributed by atoms with van der Waals surface area (Å²) < 4.78 is 20.5. The standard InChI is InChI=1S/C27H32FN7O2S/c1-5-20-25(29-14-24-32-21(16-38-24)17-6-8-18(28)9-7-17)35-22(31-20)10-11-23(33-35)34-13-12-19(15-34)30-26(36)37-27(2,3)4/h6-11,16,19,29H,5,12-15H2,1-4H3,(H,30,36). The molecule has 1 aliphatic rings. The van der Waals surface area contributed by atoms with Crippen molar-refractivity contribution in [3.05, 3.63) is 58.3 Å². The molecule has 0 radical (unpaired) electrons. The molecule has 38 heavy (non-hydrogen) atoms. The minimum atomic E-state index is -0.530. The fourth-order valence-electron chi connectivity index (χ4n) is 4.43. The van der Waals surface area contributed by atoms with E-state index in [4.69, 9.17) is 19.8 Å². The number of halogens is 1. The van der Waals surface area contributed by atoms with Crippen LogP contribution in [0.2, 0.25) is 0 Å². The summed E-state index contributed by atoms with van der Waals surface area (Å²) in [6.45, 7) is 9.58. The highest BCUT2D eigenvalue weighted by molar-refractivity contribution is 7.10. The molecule has 4 aromatic rings. The molecule has 1 aliphatic heterocycles. The summed E-state index contributed by atoms with van der Waals surface area (Å²) in [6, 6.07) is 10.3. The van der Waals surface area contributed by atoms with E-state index in [1.165, 1.54) is 12.1 Å². The van der Waals surface area contributed by atoms with Gasteiger partial charge in [-0.15, -0.1) is 16.4 Å². The number of thiazole rings is 1. The van der Waals surface area contributed by atoms with Crippen molar-refractivity contribution >= 4 is 34.7 Å². The molecule has 1 aromatic carbocycles. The van der Waals surface area contributed by atoms with Crippen LogP contribution in [0.1, 0.15) is 44.8 Å². The second kappa shape index (κ2) is 10.6. The number of hydrogen-bond acceptors (Lipinski definition) is 8. The summed E-state index contributed by atoms with van der Waals surface area (Å²) in [7, 11) is 0. The van der Waals surface area contributed by atoms with E-state index in [9.17, 15) is 9.18 Å². The lowest BCUT2D eigenvalue weighted by Crippen LogP contribution is -2.40. The van der Waals surface area contributed by atoms with Gasteiger partial charge in [-0.2, -0.15) is 4.52 Å². The lowest BCUT2D eigenvalue weighted by molar-refractivity contribution is 0.0509. The van der Waals surface area contributed by atoms with Crippen LogP contribution in [0, 0.1) is 5.82 Å². The highest BCUT2D eigenvalue weighted by atomic mass is 32.1. The number of nitrogens with one attached hydrogen (secondary N) is 2. The summed E-state index contributed by atoms with van der Waals surface area (Å²) >= 11 is 1.55. The zero-order valence-electron chi connectivity index (χ0n) is 22.0. The average molecular weight is 538 g/mol. The molecule has 0 aliphatic carbocycles. The molecular formula is C27H32FN7O2S. The van der Waals surface area contributed by atoms with Gasteiger partial charge in [0.05, 0.1) is 24.0 Å². The van der Waals surface area contributed by atoms with Crippen LogP contribution >= 0.6 is 11.3 Å². The van der Waals surface area contributed by atoms with Gasteiger partial charge in [-0.25, -0.2) is 19.2 Å². The second-order valence-electron chi connectivity index (χ2n) is 10.3. The number of carbonyl (C=O) groups is 1. The fraction of sp³-hybridized carbons (Fsp3) is 0.407. The molecule has 3 aromatic heterocycles. The van der Waals surface area contributed by atoms with Gasteiger partial charge in [-0.1, -0.05) is 6.92 Å². The van der Waals surface area contributed by atoms with Crippen LogP contribution in [0.15, 0.2) is 41.8 Å². The molecule has 0 spiro atoms. The maximum atomic E-state index is 13.3. The lowest BCUT2D eigenvalue weighted by Gasteiger charge is -2.22. The minimum Gasteiger partial charge on any atom is -0.444 e. The molecule has 4 heterocycles. The van der Waals surface area contributed by atoms with Gasteiger partial charge in [-0.05, 0) is 70.0 Å². The molecule has 11 heteroatoms. The first-order chi connectivity index (χ1) is 18.2. The van der Waals surface area contributed by atoms with E-state index in [0.29, 0.717) is 13.1 Å². The first-order valence-corrected chi connectivity index (χ1v) is 13.6. The van der Waals surface area contributed by atoms with Crippen LogP contribution in [0.25, 0.3) is 16.9 Å². The SMILES string of the molecule is CCc1nc2ccc(N3CCC(NC(=O)OC(C)(C)C)C3)nn2c1NCc1nc(-c2ccc(F)cc2)cs1. The van der Waals surface area contributed by atoms with Crippen LogP contribution in [0.4, 0.5) is 20.8 Å². The Labute approximate surface area is 225 Å². The maximum Gasteiger partial charge on any atom is 0.407 e. The van der Waals surface area contributed by atoms with Crippen molar-refractivity contribution in [2.75, 3.05) is 23.3 Å². The van der Waals surface area contributed by atoms with Gasteiger partial charge >= 0.3 is 6.09 Å². The number of amides is 1. The highest BCUT2D eigenvalue weighted by Gasteiger charge is 2.27. The van der Waals surface area contributed by atoms with E-state index in [0.717, 1.165) is 58.6 Å². The van der Waals surface area contributed by atoms with Gasteiger partial charge in [0.15, 0.2) is 11.5 Å². The summed E-state index contributed by atoms with van der Waals surface area (Å²) in [5.41, 5.74) is 2.87. The molecule has 1 atom stereocenters. The van der Waals surface area contributed by atoms with Crippen LogP contribution in [0.5, 0.6) is 0 Å². The number of hydrogen-bond donors (Lipinski definition) is 2. The molecule has 1 amide bonds. The van der Waals surface area contributed by atoms with Crippen LogP contribution < -0.4 is 15.5 Å². The first kappa shape index (κ1) is 25.9. The molecule has 0 saturated carbocycles. The average Bonchev–Trinajstić information content (AvgIpc) is 3.60. The molecule has 1 fully saturated rings. The Hall–Kier alpha value is -3.73. The molecule has 2 N–H and O–H groups in total. The number of ether oxygens (including phenoxy) is 1. The zero-order chi connectivity index (χ0) is 26.9. The van der Waals surface area contributed by atoms with E-state index in [-0.39, 0.29) is 11.9 Å². The van der Waals surface area contributed by atoms with E-state index in [1.807, 2.05) is 42.8 Å². The van der Waals surface area contributed by atoms with Crippen LogP contribution in [-0.4, -0.2) is 50.4 Å². The van der Waals surface area contributed by atoms with Gasteiger partial charge in [-0.3, -0.25) is 0 Å². The number of aryl methyl sites for hydroxylation is 1. The van der Waals surface area contributed by atoms with Gasteiger partial charge in [0, 0.05) is 24.0 Å². The van der Waals surface area contributed by atoms with E-state index in [1.54, 1.807) is 23.5 Å². The van der Waals surface area contributed by atoms with Gasteiger partial charge in [0.25, 0.3) is 0 Å². The Kier molecular flexibility index (Phi) is 7.20. The Morgan fingerprint density at radius 2 is 1.97 bits per heavy atom. The van der Waals surface area contributed by atoms with E-state index < -0.39 is 11.7 Å². The third-order valence-corrected chi connectivity index (χ3v) is 7.05. The van der Waals surface area contributed by atoms with Gasteiger partial charge in [0.1, 0.15) is 22.2 Å². The van der Waals surface area contributed by atoms with Crippen LogP contribution in [-0.2, 0) is 17.7 Å². The molecule has 5 rings (SSSR count). The Balaban J connectivity index is 1.29. The van der Waals surface area contributed by atoms with Crippen molar-refractivity contribution in [2.45, 2.75) is 58.7 Å². The Morgan fingerprint density at radius 1 is 1.18 bits per heavy atom. The van der Waals surface area contributed by atoms with Crippen LogP contribution in [0.3, 0.4) is 0 Å². The molecule has 9 nitrogen and oxygen atoms in total. The monoisotopic (exact) mass is 537 g/mol. The Bertz CT molecular complexity index is 1430. The number of nitrogens with zero attached hydrogens (tertiary/aromatic N) is 5. The first-order valence-electron chi connectivity index (χ1n) is 12.8. The molecule has 0 bridgehead atoms. The van der Waals surface area contributed by atoms with Crippen molar-refractivity contribution in [2.24, 2.45) is 0 Å². The second-order valence-corrected chi connectivity index (χ2v) is 11.2. The molecular weight excluding hydrogens is 505 g/mol. The highest BCUT2D eigenvalue weighted by Crippen LogP contribution is 2.26. The minimum absolute atomic E-state index is 0.00543. The Morgan fingerprint density at radius 3 is 2.71 bits per heavy atom. The number of alkyl carbamates (subject to hydrolysis) is 1. The summed E-state index contributed by atoms with van der Waals surface area (Å²) in [5.74, 6) is 1.40. The summed E-state index contributed by atoms with van der Waals surface area (Å²) in [6.07, 6.45) is 1.17. The fourth-order valence-corrected chi connectivity index (χ4v) is 5.17. The van der Waals surface area contributed by atoms with Gasteiger partial charge in [0.2, 0.25) is 0 Å². The van der Waals surface area contributed by atoms with Crippen molar-refractivity contribution in [1.29, 1.82) is 0 Å². The predicted molar refractivity (Wildman–Crippen MR) is 147 cm³/mol. The quantitative estimate of drug-likeness (QED) is 0.332. The number of benzene rings is 1. The molecule has 1 saturated heterocycles. The predicted octanol–water partition coefficient (Wildman–Crippen LogP) is 5.27. The van der Waals surface area contributed by atoms with Gasteiger partial charge < -0.3 is 20.3 Å². The third kappa shape index (κ3) is 5.88.